The third-order valence-electron chi connectivity index (χ3n) is 3.94. The first kappa shape index (κ1) is 18.9. The summed E-state index contributed by atoms with van der Waals surface area (Å²) >= 11 is 0. The fourth-order valence-electron chi connectivity index (χ4n) is 2.57. The third kappa shape index (κ3) is 4.64. The lowest BCUT2D eigenvalue weighted by Gasteiger charge is -2.11. The van der Waals surface area contributed by atoms with E-state index >= 15 is 0 Å². The number of benzene rings is 2. The normalized spacial score (nSPS) is 10.2. The number of methoxy groups -OCH3 is 1. The number of nitrogens with two attached hydrogens (primary N) is 1. The lowest BCUT2D eigenvalue weighted by Crippen LogP contribution is -2.13. The summed E-state index contributed by atoms with van der Waals surface area (Å²) in [6, 6.07) is 15.8. The van der Waals surface area contributed by atoms with E-state index in [2.05, 4.69) is 10.3 Å². The van der Waals surface area contributed by atoms with Crippen molar-refractivity contribution in [3.8, 4) is 11.5 Å². The molecule has 28 heavy (non-hydrogen) atoms. The Balaban J connectivity index is 1.68. The van der Waals surface area contributed by atoms with Crippen molar-refractivity contribution in [3.05, 3.63) is 83.7 Å². The van der Waals surface area contributed by atoms with Crippen LogP contribution in [0, 0.1) is 0 Å². The molecule has 7 nitrogen and oxygen atoms in total. The Morgan fingerprint density at radius 3 is 2.68 bits per heavy atom. The maximum Gasteiger partial charge on any atom is 0.259 e. The Morgan fingerprint density at radius 1 is 1.07 bits per heavy atom. The summed E-state index contributed by atoms with van der Waals surface area (Å²) < 4.78 is 10.9. The van der Waals surface area contributed by atoms with E-state index in [9.17, 15) is 9.59 Å². The molecule has 1 aromatic heterocycles. The number of carbonyl (C=O) groups excluding carboxylic acids is 2. The second-order valence-electron chi connectivity index (χ2n) is 5.92. The summed E-state index contributed by atoms with van der Waals surface area (Å²) in [5.74, 6) is 0.0916. The minimum absolute atomic E-state index is 0.238. The molecule has 0 spiro atoms. The van der Waals surface area contributed by atoms with E-state index in [1.807, 2.05) is 12.1 Å². The number of nitrogens with one attached hydrogen (secondary N) is 1. The lowest BCUT2D eigenvalue weighted by molar-refractivity contribution is 0.0996. The van der Waals surface area contributed by atoms with Gasteiger partial charge in [-0.25, -0.2) is 0 Å². The SMILES string of the molecule is COc1ccccc1C(=O)Nc1cccc(COc2cncc(C(N)=O)c2)c1. The van der Waals surface area contributed by atoms with E-state index in [0.29, 0.717) is 22.7 Å². The zero-order chi connectivity index (χ0) is 19.9. The maximum atomic E-state index is 12.5. The van der Waals surface area contributed by atoms with Crippen LogP contribution in [-0.2, 0) is 6.61 Å². The van der Waals surface area contributed by atoms with Crippen LogP contribution in [-0.4, -0.2) is 23.9 Å². The summed E-state index contributed by atoms with van der Waals surface area (Å²) in [4.78, 5) is 27.7. The number of amides is 2. The molecule has 1 heterocycles. The van der Waals surface area contributed by atoms with E-state index < -0.39 is 5.91 Å². The minimum Gasteiger partial charge on any atom is -0.496 e. The van der Waals surface area contributed by atoms with Crippen LogP contribution in [0.4, 0.5) is 5.69 Å². The summed E-state index contributed by atoms with van der Waals surface area (Å²) in [7, 11) is 1.52. The highest BCUT2D eigenvalue weighted by molar-refractivity contribution is 6.06. The van der Waals surface area contributed by atoms with Gasteiger partial charge in [0.2, 0.25) is 5.91 Å². The van der Waals surface area contributed by atoms with Gasteiger partial charge >= 0.3 is 0 Å². The van der Waals surface area contributed by atoms with Gasteiger partial charge in [-0.1, -0.05) is 24.3 Å². The van der Waals surface area contributed by atoms with E-state index in [1.54, 1.807) is 36.4 Å². The fourth-order valence-corrected chi connectivity index (χ4v) is 2.57. The number of hydrogen-bond donors (Lipinski definition) is 2. The van der Waals surface area contributed by atoms with Gasteiger partial charge in [0.15, 0.2) is 0 Å². The molecule has 0 fully saturated rings. The van der Waals surface area contributed by atoms with Gasteiger partial charge in [-0.3, -0.25) is 14.6 Å². The van der Waals surface area contributed by atoms with E-state index in [4.69, 9.17) is 15.2 Å². The number of aromatic nitrogens is 1. The average Bonchev–Trinajstić information content (AvgIpc) is 2.72. The molecule has 0 aliphatic carbocycles. The van der Waals surface area contributed by atoms with Crippen LogP contribution in [0.3, 0.4) is 0 Å². The van der Waals surface area contributed by atoms with Gasteiger partial charge in [0, 0.05) is 11.9 Å². The van der Waals surface area contributed by atoms with Crippen molar-refractivity contribution >= 4 is 17.5 Å². The molecule has 0 atom stereocenters. The Bertz CT molecular complexity index is 1000. The number of primary amides is 1. The zero-order valence-electron chi connectivity index (χ0n) is 15.2. The van der Waals surface area contributed by atoms with Crippen LogP contribution < -0.4 is 20.5 Å². The number of para-hydroxylation sites is 1. The lowest BCUT2D eigenvalue weighted by atomic mass is 10.1. The second-order valence-corrected chi connectivity index (χ2v) is 5.92. The quantitative estimate of drug-likeness (QED) is 0.659. The van der Waals surface area contributed by atoms with Crippen molar-refractivity contribution < 1.29 is 19.1 Å². The topological polar surface area (TPSA) is 104 Å². The van der Waals surface area contributed by atoms with Gasteiger partial charge < -0.3 is 20.5 Å². The molecule has 3 rings (SSSR count). The maximum absolute atomic E-state index is 12.5. The van der Waals surface area contributed by atoms with E-state index in [0.717, 1.165) is 5.56 Å². The van der Waals surface area contributed by atoms with Crippen LogP contribution in [0.5, 0.6) is 11.5 Å². The number of pyridine rings is 1. The molecule has 0 radical (unpaired) electrons. The molecule has 3 aromatic rings. The summed E-state index contributed by atoms with van der Waals surface area (Å²) in [6.45, 7) is 0.238. The van der Waals surface area contributed by atoms with Crippen LogP contribution >= 0.6 is 0 Å². The van der Waals surface area contributed by atoms with Crippen molar-refractivity contribution in [2.45, 2.75) is 6.61 Å². The van der Waals surface area contributed by atoms with Crippen LogP contribution in [0.2, 0.25) is 0 Å². The number of ether oxygens (including phenoxy) is 2. The van der Waals surface area contributed by atoms with E-state index in [-0.39, 0.29) is 18.1 Å². The third-order valence-corrected chi connectivity index (χ3v) is 3.94. The molecule has 2 amide bonds. The molecule has 3 N–H and O–H groups in total. The summed E-state index contributed by atoms with van der Waals surface area (Å²) in [6.07, 6.45) is 2.88. The Morgan fingerprint density at radius 2 is 1.89 bits per heavy atom. The number of rotatable bonds is 7. The van der Waals surface area contributed by atoms with Crippen molar-refractivity contribution in [2.24, 2.45) is 5.73 Å². The molecule has 0 unspecified atom stereocenters. The highest BCUT2D eigenvalue weighted by atomic mass is 16.5. The van der Waals surface area contributed by atoms with Crippen LogP contribution in [0.25, 0.3) is 0 Å². The molecule has 0 bridgehead atoms. The van der Waals surface area contributed by atoms with Crippen molar-refractivity contribution in [1.82, 2.24) is 4.98 Å². The van der Waals surface area contributed by atoms with E-state index in [1.165, 1.54) is 25.6 Å². The predicted octanol–water partition coefficient (Wildman–Crippen LogP) is 3.02. The smallest absolute Gasteiger partial charge is 0.259 e. The van der Waals surface area contributed by atoms with Gasteiger partial charge in [-0.05, 0) is 35.9 Å². The predicted molar refractivity (Wildman–Crippen MR) is 104 cm³/mol. The first-order valence-corrected chi connectivity index (χ1v) is 8.48. The first-order chi connectivity index (χ1) is 13.6. The van der Waals surface area contributed by atoms with Crippen molar-refractivity contribution in [1.29, 1.82) is 0 Å². The average molecular weight is 377 g/mol. The largest absolute Gasteiger partial charge is 0.496 e. The fraction of sp³-hybridized carbons (Fsp3) is 0.0952. The van der Waals surface area contributed by atoms with Crippen molar-refractivity contribution in [3.63, 3.8) is 0 Å². The number of nitrogens with zero attached hydrogens (tertiary/aromatic N) is 1. The highest BCUT2D eigenvalue weighted by Gasteiger charge is 2.12. The molecule has 0 aliphatic heterocycles. The number of anilines is 1. The van der Waals surface area contributed by atoms with Gasteiger partial charge in [0.25, 0.3) is 5.91 Å². The first-order valence-electron chi connectivity index (χ1n) is 8.48. The van der Waals surface area contributed by atoms with Gasteiger partial charge in [0.1, 0.15) is 18.1 Å². The molecule has 0 saturated carbocycles. The Labute approximate surface area is 162 Å². The summed E-state index contributed by atoms with van der Waals surface area (Å²) in [5, 5.41) is 2.85. The van der Waals surface area contributed by atoms with Gasteiger partial charge in [0.05, 0.1) is 24.4 Å². The van der Waals surface area contributed by atoms with Gasteiger partial charge in [-0.15, -0.1) is 0 Å². The zero-order valence-corrected chi connectivity index (χ0v) is 15.2. The van der Waals surface area contributed by atoms with Gasteiger partial charge in [-0.2, -0.15) is 0 Å². The Kier molecular flexibility index (Phi) is 5.86. The molecular weight excluding hydrogens is 358 g/mol. The minimum atomic E-state index is -0.570. The number of hydrogen-bond acceptors (Lipinski definition) is 5. The molecule has 142 valence electrons. The van der Waals surface area contributed by atoms with Crippen LogP contribution in [0.1, 0.15) is 26.3 Å². The molecule has 0 aliphatic rings. The Hall–Kier alpha value is -3.87. The van der Waals surface area contributed by atoms with Crippen molar-refractivity contribution in [2.75, 3.05) is 12.4 Å². The number of carbonyl (C=O) groups is 2. The molecule has 0 saturated heterocycles. The standard InChI is InChI=1S/C21H19N3O4/c1-27-19-8-3-2-7-18(19)21(26)24-16-6-4-5-14(9-16)13-28-17-10-15(20(22)25)11-23-12-17/h2-12H,13H2,1H3,(H2,22,25)(H,24,26). The molecule has 2 aromatic carbocycles. The second kappa shape index (κ2) is 8.68. The monoisotopic (exact) mass is 377 g/mol. The molecular formula is C21H19N3O4. The molecule has 7 heteroatoms. The highest BCUT2D eigenvalue weighted by Crippen LogP contribution is 2.20. The summed E-state index contributed by atoms with van der Waals surface area (Å²) in [5.41, 5.74) is 7.42. The van der Waals surface area contributed by atoms with Crippen LogP contribution in [0.15, 0.2) is 67.0 Å².